The molecule has 0 aliphatic carbocycles. The standard InChI is InChI=1S/C6H7N.2C2H6/c1-6-4-2-3-5-7-6;2*1-2/h2-5H,1H3;2*1-2H3. The van der Waals surface area contributed by atoms with Gasteiger partial charge in [0.1, 0.15) is 0 Å². The molecule has 0 unspecified atom stereocenters. The zero-order valence-electron chi connectivity index (χ0n) is 8.26. The van der Waals surface area contributed by atoms with Crippen LogP contribution in [0.5, 0.6) is 0 Å². The molecule has 0 saturated carbocycles. The van der Waals surface area contributed by atoms with Gasteiger partial charge in [0.05, 0.1) is 0 Å². The summed E-state index contributed by atoms with van der Waals surface area (Å²) in [5, 5.41) is 0. The van der Waals surface area contributed by atoms with Crippen molar-refractivity contribution in [1.82, 2.24) is 4.98 Å². The third-order valence-electron chi connectivity index (χ3n) is 0.813. The van der Waals surface area contributed by atoms with Gasteiger partial charge in [0.15, 0.2) is 0 Å². The lowest BCUT2D eigenvalue weighted by atomic mass is 10.4. The van der Waals surface area contributed by atoms with Crippen LogP contribution < -0.4 is 0 Å². The summed E-state index contributed by atoms with van der Waals surface area (Å²) >= 11 is 0. The Kier molecular flexibility index (Phi) is 13.8. The zero-order valence-corrected chi connectivity index (χ0v) is 8.26. The number of hydrogen-bond donors (Lipinski definition) is 0. The average molecular weight is 153 g/mol. The third-order valence-corrected chi connectivity index (χ3v) is 0.813. The first-order valence-corrected chi connectivity index (χ1v) is 4.27. The molecule has 1 aromatic rings. The monoisotopic (exact) mass is 153 g/mol. The topological polar surface area (TPSA) is 12.9 Å². The fraction of sp³-hybridized carbons (Fsp3) is 0.500. The van der Waals surface area contributed by atoms with Crippen molar-refractivity contribution >= 4 is 0 Å². The maximum absolute atomic E-state index is 3.98. The van der Waals surface area contributed by atoms with E-state index in [1.54, 1.807) is 6.20 Å². The van der Waals surface area contributed by atoms with Crippen molar-refractivity contribution in [2.75, 3.05) is 0 Å². The van der Waals surface area contributed by atoms with Gasteiger partial charge in [-0.2, -0.15) is 0 Å². The van der Waals surface area contributed by atoms with Gasteiger partial charge in [0, 0.05) is 11.9 Å². The molecule has 0 amide bonds. The van der Waals surface area contributed by atoms with Crippen LogP contribution in [0.2, 0.25) is 0 Å². The van der Waals surface area contributed by atoms with E-state index < -0.39 is 0 Å². The Hall–Kier alpha value is -0.850. The van der Waals surface area contributed by atoms with Crippen LogP contribution in [0.3, 0.4) is 0 Å². The van der Waals surface area contributed by atoms with E-state index in [1.165, 1.54) is 0 Å². The Labute approximate surface area is 70.5 Å². The van der Waals surface area contributed by atoms with Gasteiger partial charge in [-0.15, -0.1) is 0 Å². The van der Waals surface area contributed by atoms with Crippen LogP contribution in [0.1, 0.15) is 33.4 Å². The van der Waals surface area contributed by atoms with Crippen LogP contribution >= 0.6 is 0 Å². The highest BCUT2D eigenvalue weighted by molar-refractivity contribution is 4.99. The maximum atomic E-state index is 3.98. The van der Waals surface area contributed by atoms with E-state index >= 15 is 0 Å². The summed E-state index contributed by atoms with van der Waals surface area (Å²) in [4.78, 5) is 3.98. The van der Waals surface area contributed by atoms with E-state index in [0.29, 0.717) is 0 Å². The Morgan fingerprint density at radius 3 is 1.73 bits per heavy atom. The number of rotatable bonds is 0. The predicted molar refractivity (Wildman–Crippen MR) is 51.7 cm³/mol. The van der Waals surface area contributed by atoms with Gasteiger partial charge in [0.2, 0.25) is 0 Å². The van der Waals surface area contributed by atoms with Crippen molar-refractivity contribution in [2.45, 2.75) is 34.6 Å². The van der Waals surface area contributed by atoms with Gasteiger partial charge < -0.3 is 0 Å². The Morgan fingerprint density at radius 2 is 1.55 bits per heavy atom. The minimum Gasteiger partial charge on any atom is -0.262 e. The van der Waals surface area contributed by atoms with Crippen molar-refractivity contribution < 1.29 is 0 Å². The van der Waals surface area contributed by atoms with E-state index in [2.05, 4.69) is 4.98 Å². The fourth-order valence-corrected chi connectivity index (χ4v) is 0.448. The summed E-state index contributed by atoms with van der Waals surface area (Å²) in [5.74, 6) is 0. The molecule has 0 aliphatic rings. The van der Waals surface area contributed by atoms with Crippen LogP contribution in [0.15, 0.2) is 24.4 Å². The zero-order chi connectivity index (χ0) is 9.11. The minimum atomic E-state index is 1.07. The van der Waals surface area contributed by atoms with Gasteiger partial charge in [0.25, 0.3) is 0 Å². The molecule has 0 aliphatic heterocycles. The summed E-state index contributed by atoms with van der Waals surface area (Å²) < 4.78 is 0. The second kappa shape index (κ2) is 11.9. The number of nitrogens with zero attached hydrogens (tertiary/aromatic N) is 1. The van der Waals surface area contributed by atoms with Crippen molar-refractivity contribution in [3.63, 3.8) is 0 Å². The van der Waals surface area contributed by atoms with E-state index in [9.17, 15) is 0 Å². The number of aryl methyl sites for hydroxylation is 1. The summed E-state index contributed by atoms with van der Waals surface area (Å²) in [6.07, 6.45) is 1.79. The highest BCUT2D eigenvalue weighted by atomic mass is 14.6. The molecule has 0 N–H and O–H groups in total. The van der Waals surface area contributed by atoms with E-state index in [0.717, 1.165) is 5.69 Å². The van der Waals surface area contributed by atoms with Crippen LogP contribution in [-0.4, -0.2) is 4.98 Å². The molecule has 1 aromatic heterocycles. The Bertz CT molecular complexity index is 135. The number of aromatic nitrogens is 1. The molecule has 0 saturated heterocycles. The minimum absolute atomic E-state index is 1.07. The van der Waals surface area contributed by atoms with E-state index in [4.69, 9.17) is 0 Å². The van der Waals surface area contributed by atoms with Gasteiger partial charge in [-0.25, -0.2) is 0 Å². The number of hydrogen-bond acceptors (Lipinski definition) is 1. The van der Waals surface area contributed by atoms with Crippen LogP contribution in [0.25, 0.3) is 0 Å². The van der Waals surface area contributed by atoms with Crippen LogP contribution in [-0.2, 0) is 0 Å². The van der Waals surface area contributed by atoms with E-state index in [1.807, 2.05) is 52.8 Å². The third kappa shape index (κ3) is 9.15. The largest absolute Gasteiger partial charge is 0.262 e. The highest BCUT2D eigenvalue weighted by Gasteiger charge is 1.73. The molecule has 1 heteroatoms. The molecule has 0 aromatic carbocycles. The van der Waals surface area contributed by atoms with Crippen molar-refractivity contribution in [3.05, 3.63) is 30.1 Å². The molecule has 11 heavy (non-hydrogen) atoms. The van der Waals surface area contributed by atoms with Gasteiger partial charge in [-0.05, 0) is 19.1 Å². The van der Waals surface area contributed by atoms with E-state index in [-0.39, 0.29) is 0 Å². The Balaban J connectivity index is 0. The van der Waals surface area contributed by atoms with Gasteiger partial charge in [-0.1, -0.05) is 33.8 Å². The maximum Gasteiger partial charge on any atom is 0.0372 e. The summed E-state index contributed by atoms with van der Waals surface area (Å²) in [6, 6.07) is 5.86. The van der Waals surface area contributed by atoms with Gasteiger partial charge in [-0.3, -0.25) is 4.98 Å². The summed E-state index contributed by atoms with van der Waals surface area (Å²) in [6.45, 7) is 9.97. The highest BCUT2D eigenvalue weighted by Crippen LogP contribution is 1.85. The molecular formula is C10H19N. The Morgan fingerprint density at radius 1 is 1.00 bits per heavy atom. The van der Waals surface area contributed by atoms with Gasteiger partial charge >= 0.3 is 0 Å². The lowest BCUT2D eigenvalue weighted by Gasteiger charge is -1.82. The fourth-order valence-electron chi connectivity index (χ4n) is 0.448. The number of pyridine rings is 1. The normalized spacial score (nSPS) is 6.64. The molecule has 0 bridgehead atoms. The molecule has 0 fully saturated rings. The van der Waals surface area contributed by atoms with Crippen LogP contribution in [0.4, 0.5) is 0 Å². The van der Waals surface area contributed by atoms with Crippen LogP contribution in [0, 0.1) is 6.92 Å². The van der Waals surface area contributed by atoms with Crippen molar-refractivity contribution in [1.29, 1.82) is 0 Å². The molecule has 1 heterocycles. The first kappa shape index (κ1) is 12.8. The predicted octanol–water partition coefficient (Wildman–Crippen LogP) is 3.44. The second-order valence-electron chi connectivity index (χ2n) is 1.47. The second-order valence-corrected chi connectivity index (χ2v) is 1.47. The lowest BCUT2D eigenvalue weighted by Crippen LogP contribution is -1.72. The molecule has 1 nitrogen and oxygen atoms in total. The molecule has 0 atom stereocenters. The average Bonchev–Trinajstić information content (AvgIpc) is 2.13. The molecule has 64 valence electrons. The molecular weight excluding hydrogens is 134 g/mol. The SMILES string of the molecule is CC.CC.Cc1ccccn1. The molecule has 0 radical (unpaired) electrons. The smallest absolute Gasteiger partial charge is 0.0372 e. The summed E-state index contributed by atoms with van der Waals surface area (Å²) in [5.41, 5.74) is 1.07. The first-order valence-electron chi connectivity index (χ1n) is 4.27. The molecule has 1 rings (SSSR count). The lowest BCUT2D eigenvalue weighted by molar-refractivity contribution is 1.20. The van der Waals surface area contributed by atoms with Crippen molar-refractivity contribution in [3.8, 4) is 0 Å². The summed E-state index contributed by atoms with van der Waals surface area (Å²) in [7, 11) is 0. The first-order chi connectivity index (χ1) is 5.39. The molecule has 0 spiro atoms. The quantitative estimate of drug-likeness (QED) is 0.556. The van der Waals surface area contributed by atoms with Crippen molar-refractivity contribution in [2.24, 2.45) is 0 Å².